The zero-order valence-corrected chi connectivity index (χ0v) is 15.9. The van der Waals surface area contributed by atoms with Gasteiger partial charge in [0.25, 0.3) is 0 Å². The molecule has 1 N–H and O–H groups in total. The molecule has 1 aromatic heterocycles. The number of hydrogen-bond donors (Lipinski definition) is 1. The molecule has 2 aromatic carbocycles. The number of benzene rings is 2. The summed E-state index contributed by atoms with van der Waals surface area (Å²) in [7, 11) is 0. The van der Waals surface area contributed by atoms with Crippen LogP contribution in [0.1, 0.15) is 5.82 Å². The van der Waals surface area contributed by atoms with Crippen LogP contribution in [0.5, 0.6) is 0 Å². The van der Waals surface area contributed by atoms with Gasteiger partial charge in [0.2, 0.25) is 0 Å². The molecule has 1 atom stereocenters. The highest BCUT2D eigenvalue weighted by Gasteiger charge is 2.20. The first kappa shape index (κ1) is 18.8. The fourth-order valence-electron chi connectivity index (χ4n) is 3.86. The molecule has 1 aliphatic rings. The smallest absolute Gasteiger partial charge is 0.125 e. The third-order valence-corrected chi connectivity index (χ3v) is 5.33. The minimum Gasteiger partial charge on any atom is -0.390 e. The Morgan fingerprint density at radius 2 is 1.64 bits per heavy atom. The van der Waals surface area contributed by atoms with E-state index >= 15 is 0 Å². The molecule has 1 unspecified atom stereocenters. The van der Waals surface area contributed by atoms with Gasteiger partial charge in [-0.05, 0) is 43.3 Å². The number of aryl methyl sites for hydroxylation is 1. The van der Waals surface area contributed by atoms with E-state index in [1.165, 1.54) is 24.3 Å². The highest BCUT2D eigenvalue weighted by Crippen LogP contribution is 2.19. The van der Waals surface area contributed by atoms with Crippen LogP contribution in [0.3, 0.4) is 0 Å². The van der Waals surface area contributed by atoms with Crippen molar-refractivity contribution in [1.82, 2.24) is 14.5 Å². The molecule has 0 bridgehead atoms. The van der Waals surface area contributed by atoms with E-state index in [9.17, 15) is 13.9 Å². The number of hydrogen-bond acceptors (Lipinski definition) is 4. The maximum absolute atomic E-state index is 13.4. The summed E-state index contributed by atoms with van der Waals surface area (Å²) in [5.74, 6) is 0.230. The van der Waals surface area contributed by atoms with Crippen LogP contribution < -0.4 is 4.90 Å². The lowest BCUT2D eigenvalue weighted by molar-refractivity contribution is 0.0954. The maximum atomic E-state index is 13.4. The lowest BCUT2D eigenvalue weighted by Gasteiger charge is -2.37. The largest absolute Gasteiger partial charge is 0.390 e. The number of fused-ring (bicyclic) bond motifs is 1. The second kappa shape index (κ2) is 7.85. The zero-order chi connectivity index (χ0) is 19.7. The Morgan fingerprint density at radius 3 is 2.36 bits per heavy atom. The highest BCUT2D eigenvalue weighted by molar-refractivity contribution is 5.76. The number of aromatic nitrogens is 2. The van der Waals surface area contributed by atoms with Gasteiger partial charge in [-0.2, -0.15) is 0 Å². The van der Waals surface area contributed by atoms with Crippen LogP contribution in [-0.2, 0) is 6.54 Å². The van der Waals surface area contributed by atoms with Crippen molar-refractivity contribution in [3.8, 4) is 0 Å². The van der Waals surface area contributed by atoms with E-state index in [0.29, 0.717) is 18.6 Å². The van der Waals surface area contributed by atoms with Gasteiger partial charge in [-0.3, -0.25) is 4.90 Å². The number of imidazole rings is 1. The molecule has 1 fully saturated rings. The number of nitrogens with zero attached hydrogens (tertiary/aromatic N) is 4. The van der Waals surface area contributed by atoms with Gasteiger partial charge in [0, 0.05) is 44.5 Å². The molecule has 1 saturated heterocycles. The maximum Gasteiger partial charge on any atom is 0.125 e. The summed E-state index contributed by atoms with van der Waals surface area (Å²) in [4.78, 5) is 8.85. The standard InChI is InChI=1S/C21H24F2N4O/c1-15-24-20-12-17(23)4-7-21(20)27(15)14-19(28)13-25-8-10-26(11-9-25)18-5-2-16(22)3-6-18/h2-7,12,19,28H,8-11,13-14H2,1H3. The van der Waals surface area contributed by atoms with Gasteiger partial charge in [-0.15, -0.1) is 0 Å². The summed E-state index contributed by atoms with van der Waals surface area (Å²) in [6, 6.07) is 11.1. The van der Waals surface area contributed by atoms with E-state index in [1.54, 1.807) is 18.2 Å². The van der Waals surface area contributed by atoms with Crippen LogP contribution in [0.25, 0.3) is 11.0 Å². The fourth-order valence-corrected chi connectivity index (χ4v) is 3.86. The van der Waals surface area contributed by atoms with Crippen LogP contribution >= 0.6 is 0 Å². The van der Waals surface area contributed by atoms with Gasteiger partial charge in [-0.1, -0.05) is 0 Å². The summed E-state index contributed by atoms with van der Waals surface area (Å²) in [5.41, 5.74) is 2.46. The molecule has 1 aliphatic heterocycles. The minimum atomic E-state index is -0.543. The van der Waals surface area contributed by atoms with Crippen molar-refractivity contribution >= 4 is 16.7 Å². The fraction of sp³-hybridized carbons (Fsp3) is 0.381. The Hall–Kier alpha value is -2.51. The predicted molar refractivity (Wildman–Crippen MR) is 105 cm³/mol. The summed E-state index contributed by atoms with van der Waals surface area (Å²) in [6.45, 7) is 6.21. The molecule has 2 heterocycles. The number of piperazine rings is 1. The topological polar surface area (TPSA) is 44.5 Å². The van der Waals surface area contributed by atoms with Crippen molar-refractivity contribution in [2.24, 2.45) is 0 Å². The van der Waals surface area contributed by atoms with Crippen LogP contribution in [-0.4, -0.2) is 58.4 Å². The van der Waals surface area contributed by atoms with Crippen molar-refractivity contribution in [3.05, 3.63) is 59.9 Å². The average Bonchev–Trinajstić information content (AvgIpc) is 2.97. The molecule has 3 aromatic rings. The van der Waals surface area contributed by atoms with E-state index in [2.05, 4.69) is 14.8 Å². The van der Waals surface area contributed by atoms with Gasteiger partial charge in [0.15, 0.2) is 0 Å². The molecule has 0 saturated carbocycles. The van der Waals surface area contributed by atoms with E-state index in [1.807, 2.05) is 11.5 Å². The number of halogens is 2. The third-order valence-electron chi connectivity index (χ3n) is 5.33. The summed E-state index contributed by atoms with van der Waals surface area (Å²) >= 11 is 0. The normalized spacial score (nSPS) is 16.6. The first-order valence-corrected chi connectivity index (χ1v) is 9.53. The number of aliphatic hydroxyl groups is 1. The lowest BCUT2D eigenvalue weighted by atomic mass is 10.2. The second-order valence-corrected chi connectivity index (χ2v) is 7.32. The molecule has 0 spiro atoms. The van der Waals surface area contributed by atoms with Crippen molar-refractivity contribution in [3.63, 3.8) is 0 Å². The molecule has 0 radical (unpaired) electrons. The summed E-state index contributed by atoms with van der Waals surface area (Å²) < 4.78 is 28.4. The molecule has 5 nitrogen and oxygen atoms in total. The van der Waals surface area contributed by atoms with Crippen molar-refractivity contribution in [2.45, 2.75) is 19.6 Å². The zero-order valence-electron chi connectivity index (χ0n) is 15.9. The van der Waals surface area contributed by atoms with E-state index in [0.717, 1.165) is 43.2 Å². The Morgan fingerprint density at radius 1 is 0.964 bits per heavy atom. The van der Waals surface area contributed by atoms with Crippen LogP contribution in [0.15, 0.2) is 42.5 Å². The minimum absolute atomic E-state index is 0.226. The van der Waals surface area contributed by atoms with Crippen LogP contribution in [0.4, 0.5) is 14.5 Å². The second-order valence-electron chi connectivity index (χ2n) is 7.32. The van der Waals surface area contributed by atoms with Crippen molar-refractivity contribution in [2.75, 3.05) is 37.6 Å². The van der Waals surface area contributed by atoms with Crippen molar-refractivity contribution < 1.29 is 13.9 Å². The number of anilines is 1. The van der Waals surface area contributed by atoms with E-state index in [-0.39, 0.29) is 11.6 Å². The van der Waals surface area contributed by atoms with E-state index < -0.39 is 6.10 Å². The lowest BCUT2D eigenvalue weighted by Crippen LogP contribution is -2.49. The van der Waals surface area contributed by atoms with Gasteiger partial charge >= 0.3 is 0 Å². The molecule has 28 heavy (non-hydrogen) atoms. The van der Waals surface area contributed by atoms with Gasteiger partial charge < -0.3 is 14.6 Å². The Kier molecular flexibility index (Phi) is 5.28. The Bertz CT molecular complexity index is 949. The first-order valence-electron chi connectivity index (χ1n) is 9.53. The van der Waals surface area contributed by atoms with Crippen LogP contribution in [0, 0.1) is 18.6 Å². The molecular formula is C21H24F2N4O. The highest BCUT2D eigenvalue weighted by atomic mass is 19.1. The first-order chi connectivity index (χ1) is 13.5. The number of rotatable bonds is 5. The molecular weight excluding hydrogens is 362 g/mol. The molecule has 148 valence electrons. The van der Waals surface area contributed by atoms with Crippen LogP contribution in [0.2, 0.25) is 0 Å². The summed E-state index contributed by atoms with van der Waals surface area (Å²) in [6.07, 6.45) is -0.543. The van der Waals surface area contributed by atoms with Crippen molar-refractivity contribution in [1.29, 1.82) is 0 Å². The Balaban J connectivity index is 1.34. The Labute approximate surface area is 162 Å². The number of aliphatic hydroxyl groups excluding tert-OH is 1. The van der Waals surface area contributed by atoms with E-state index in [4.69, 9.17) is 0 Å². The quantitative estimate of drug-likeness (QED) is 0.733. The molecule has 7 heteroatoms. The SMILES string of the molecule is Cc1nc2cc(F)ccc2n1CC(O)CN1CCN(c2ccc(F)cc2)CC1. The third kappa shape index (κ3) is 4.00. The van der Waals surface area contributed by atoms with Gasteiger partial charge in [-0.25, -0.2) is 13.8 Å². The van der Waals surface area contributed by atoms with Gasteiger partial charge in [0.1, 0.15) is 17.5 Å². The molecule has 4 rings (SSSR count). The monoisotopic (exact) mass is 386 g/mol. The molecule has 0 aliphatic carbocycles. The summed E-state index contributed by atoms with van der Waals surface area (Å²) in [5, 5.41) is 10.6. The molecule has 0 amide bonds. The predicted octanol–water partition coefficient (Wildman–Crippen LogP) is 2.81. The number of β-amino-alcohol motifs (C(OH)–C–C–N with tert-alkyl or cyclic N) is 1. The van der Waals surface area contributed by atoms with Gasteiger partial charge in [0.05, 0.1) is 23.7 Å². The average molecular weight is 386 g/mol.